The Hall–Kier alpha value is -3.02. The minimum Gasteiger partial charge on any atom is -0.478 e. The third-order valence-electron chi connectivity index (χ3n) is 8.09. The Kier molecular flexibility index (Phi) is 7.18. The van der Waals surface area contributed by atoms with Crippen molar-refractivity contribution in [3.8, 4) is 11.3 Å². The Morgan fingerprint density at radius 2 is 1.97 bits per heavy atom. The lowest BCUT2D eigenvalue weighted by atomic mass is 9.78. The summed E-state index contributed by atoms with van der Waals surface area (Å²) < 4.78 is 8.39. The van der Waals surface area contributed by atoms with Crippen molar-refractivity contribution in [3.63, 3.8) is 0 Å². The molecule has 1 aromatic carbocycles. The van der Waals surface area contributed by atoms with E-state index in [1.54, 1.807) is 0 Å². The molecule has 3 aliphatic heterocycles. The largest absolute Gasteiger partial charge is 0.478 e. The topological polar surface area (TPSA) is 37.5 Å². The average Bonchev–Trinajstić information content (AvgIpc) is 3.01. The molecule has 3 aliphatic rings. The number of nitrogens with zero attached hydrogens (tertiary/aromatic N) is 2. The van der Waals surface area contributed by atoms with E-state index in [0.29, 0.717) is 18.4 Å². The molecule has 0 spiro atoms. The molecule has 0 bridgehead atoms. The van der Waals surface area contributed by atoms with Crippen molar-refractivity contribution in [1.29, 1.82) is 0 Å². The standard InChI is InChI=1S/C33H42N3OSi/c1-9-29-32-23(5)37-20-34-18-24(32)14-15-28-26-12-10-11-13-27(26)30-17-25(16-21(2)3)31(38(6,7)8)19-36(30)33(28)22(4)35-29/h9-13,17,19,21,28,33-34H,1,4-5,14-16,18,20H2,2-3,6-8H3/q+1. The Morgan fingerprint density at radius 3 is 2.68 bits per heavy atom. The van der Waals surface area contributed by atoms with E-state index in [0.717, 1.165) is 42.8 Å². The molecule has 0 fully saturated rings. The Morgan fingerprint density at radius 1 is 1.21 bits per heavy atom. The number of benzene rings is 1. The SMILES string of the molecule is C=CC1=NC(=C)C2C(CCC3=C1C(=C)OCNC3)c1ccccc1-c1cc(CC(C)C)c([Si](C)(C)C)c[n+]12. The number of allylic oxidation sites excluding steroid dienone is 3. The molecule has 0 amide bonds. The van der Waals surface area contributed by atoms with Crippen LogP contribution in [0.1, 0.15) is 49.8 Å². The van der Waals surface area contributed by atoms with Crippen LogP contribution < -0.4 is 15.1 Å². The van der Waals surface area contributed by atoms with Gasteiger partial charge in [-0.15, -0.1) is 0 Å². The summed E-state index contributed by atoms with van der Waals surface area (Å²) in [5, 5.41) is 4.94. The van der Waals surface area contributed by atoms with Crippen molar-refractivity contribution in [1.82, 2.24) is 5.32 Å². The van der Waals surface area contributed by atoms with Crippen LogP contribution in [0.15, 0.2) is 89.9 Å². The zero-order chi connectivity index (χ0) is 27.2. The first-order valence-corrected chi connectivity index (χ1v) is 17.4. The summed E-state index contributed by atoms with van der Waals surface area (Å²) in [5.74, 6) is 1.53. The van der Waals surface area contributed by atoms with Gasteiger partial charge in [-0.05, 0) is 54.0 Å². The van der Waals surface area contributed by atoms with Crippen molar-refractivity contribution < 1.29 is 9.30 Å². The fraction of sp³-hybridized carbons (Fsp3) is 0.394. The maximum Gasteiger partial charge on any atom is 0.213 e. The number of rotatable bonds is 4. The number of hydrogen-bond donors (Lipinski definition) is 1. The third-order valence-corrected chi connectivity index (χ3v) is 10.2. The van der Waals surface area contributed by atoms with E-state index in [9.17, 15) is 0 Å². The van der Waals surface area contributed by atoms with Gasteiger partial charge < -0.3 is 4.74 Å². The molecule has 198 valence electrons. The second-order valence-electron chi connectivity index (χ2n) is 12.3. The smallest absolute Gasteiger partial charge is 0.213 e. The number of ether oxygens (including phenoxy) is 1. The van der Waals surface area contributed by atoms with Gasteiger partial charge in [0.15, 0.2) is 6.20 Å². The second kappa shape index (κ2) is 10.3. The summed E-state index contributed by atoms with van der Waals surface area (Å²) in [4.78, 5) is 5.18. The summed E-state index contributed by atoms with van der Waals surface area (Å²) >= 11 is 0. The van der Waals surface area contributed by atoms with Gasteiger partial charge in [-0.25, -0.2) is 4.99 Å². The molecule has 38 heavy (non-hydrogen) atoms. The third kappa shape index (κ3) is 4.78. The van der Waals surface area contributed by atoms with Gasteiger partial charge in [-0.3, -0.25) is 5.32 Å². The van der Waals surface area contributed by atoms with Crippen LogP contribution in [0.25, 0.3) is 11.3 Å². The highest BCUT2D eigenvalue weighted by Crippen LogP contribution is 2.45. The average molecular weight is 525 g/mol. The molecular weight excluding hydrogens is 482 g/mol. The molecule has 0 saturated carbocycles. The molecular formula is C33H42N3OSi+. The molecule has 0 radical (unpaired) electrons. The van der Waals surface area contributed by atoms with Crippen LogP contribution in [0, 0.1) is 5.92 Å². The Bertz CT molecular complexity index is 1380. The van der Waals surface area contributed by atoms with Gasteiger partial charge in [0.25, 0.3) is 0 Å². The summed E-state index contributed by atoms with van der Waals surface area (Å²) in [6.07, 6.45) is 7.33. The molecule has 5 rings (SSSR count). The first-order chi connectivity index (χ1) is 18.1. The van der Waals surface area contributed by atoms with Crippen LogP contribution in [0.2, 0.25) is 19.6 Å². The lowest BCUT2D eigenvalue weighted by Crippen LogP contribution is -2.54. The lowest BCUT2D eigenvalue weighted by molar-refractivity contribution is -0.708. The zero-order valence-electron chi connectivity index (χ0n) is 23.7. The quantitative estimate of drug-likeness (QED) is 0.374. The van der Waals surface area contributed by atoms with Crippen LogP contribution in [-0.2, 0) is 11.2 Å². The van der Waals surface area contributed by atoms with E-state index in [1.165, 1.54) is 33.1 Å². The summed E-state index contributed by atoms with van der Waals surface area (Å²) in [6, 6.07) is 11.5. The predicted octanol–water partition coefficient (Wildman–Crippen LogP) is 6.35. The van der Waals surface area contributed by atoms with Gasteiger partial charge in [0.2, 0.25) is 11.7 Å². The van der Waals surface area contributed by atoms with Crippen LogP contribution >= 0.6 is 0 Å². The highest BCUT2D eigenvalue weighted by atomic mass is 28.3. The van der Waals surface area contributed by atoms with E-state index in [1.807, 2.05) is 6.08 Å². The molecule has 5 heteroatoms. The van der Waals surface area contributed by atoms with Crippen LogP contribution in [0.4, 0.5) is 0 Å². The lowest BCUT2D eigenvalue weighted by Gasteiger charge is -2.32. The number of aromatic nitrogens is 1. The van der Waals surface area contributed by atoms with Crippen LogP contribution in [0.3, 0.4) is 0 Å². The fourth-order valence-corrected chi connectivity index (χ4v) is 8.12. The normalized spacial score (nSPS) is 21.6. The highest BCUT2D eigenvalue weighted by molar-refractivity contribution is 6.89. The van der Waals surface area contributed by atoms with Gasteiger partial charge in [0.05, 0.1) is 19.7 Å². The van der Waals surface area contributed by atoms with Gasteiger partial charge in [-0.1, -0.05) is 71.4 Å². The van der Waals surface area contributed by atoms with Crippen molar-refractivity contribution in [2.24, 2.45) is 10.9 Å². The highest BCUT2D eigenvalue weighted by Gasteiger charge is 2.44. The molecule has 4 nitrogen and oxygen atoms in total. The Balaban J connectivity index is 1.76. The molecule has 2 unspecified atom stereocenters. The number of hydrogen-bond acceptors (Lipinski definition) is 3. The predicted molar refractivity (Wildman–Crippen MR) is 161 cm³/mol. The van der Waals surface area contributed by atoms with Crippen molar-refractivity contribution >= 4 is 19.0 Å². The van der Waals surface area contributed by atoms with Gasteiger partial charge in [0.1, 0.15) is 18.2 Å². The van der Waals surface area contributed by atoms with E-state index in [-0.39, 0.29) is 12.0 Å². The first kappa shape index (κ1) is 26.6. The molecule has 4 heterocycles. The monoisotopic (exact) mass is 524 g/mol. The van der Waals surface area contributed by atoms with Gasteiger partial charge in [-0.2, -0.15) is 4.57 Å². The molecule has 1 aromatic heterocycles. The number of fused-ring (bicyclic) bond motifs is 6. The van der Waals surface area contributed by atoms with E-state index in [4.69, 9.17) is 9.73 Å². The number of aliphatic imine (C=N–C) groups is 1. The van der Waals surface area contributed by atoms with E-state index < -0.39 is 8.07 Å². The zero-order valence-corrected chi connectivity index (χ0v) is 24.7. The minimum absolute atomic E-state index is 0.0312. The Labute approximate surface area is 229 Å². The first-order valence-electron chi connectivity index (χ1n) is 13.9. The molecule has 0 saturated heterocycles. The number of nitrogens with one attached hydrogen (secondary N) is 1. The maximum absolute atomic E-state index is 5.88. The molecule has 0 aliphatic carbocycles. The van der Waals surface area contributed by atoms with Crippen LogP contribution in [0.5, 0.6) is 0 Å². The summed E-state index contributed by atoms with van der Waals surface area (Å²) in [7, 11) is -1.61. The van der Waals surface area contributed by atoms with E-state index >= 15 is 0 Å². The van der Waals surface area contributed by atoms with Crippen molar-refractivity contribution in [2.75, 3.05) is 13.3 Å². The molecule has 2 atom stereocenters. The van der Waals surface area contributed by atoms with Crippen molar-refractivity contribution in [3.05, 3.63) is 96.1 Å². The van der Waals surface area contributed by atoms with Crippen molar-refractivity contribution in [2.45, 2.75) is 64.7 Å². The van der Waals surface area contributed by atoms with E-state index in [2.05, 4.69) is 99.6 Å². The summed E-state index contributed by atoms with van der Waals surface area (Å²) in [6.45, 7) is 26.2. The number of pyridine rings is 1. The van der Waals surface area contributed by atoms with Gasteiger partial charge >= 0.3 is 0 Å². The fourth-order valence-electron chi connectivity index (χ4n) is 6.45. The minimum atomic E-state index is -1.61. The second-order valence-corrected chi connectivity index (χ2v) is 17.4. The van der Waals surface area contributed by atoms with Gasteiger partial charge in [0, 0.05) is 28.9 Å². The molecule has 1 N–H and O–H groups in total. The van der Waals surface area contributed by atoms with Crippen LogP contribution in [-0.4, -0.2) is 27.1 Å². The molecule has 2 aromatic rings. The summed E-state index contributed by atoms with van der Waals surface area (Å²) in [5.41, 5.74) is 9.44. The maximum atomic E-state index is 5.88.